The minimum atomic E-state index is -0.318. The second-order valence-corrected chi connectivity index (χ2v) is 6.33. The summed E-state index contributed by atoms with van der Waals surface area (Å²) in [5.41, 5.74) is 1.64. The summed E-state index contributed by atoms with van der Waals surface area (Å²) < 4.78 is 7.01. The maximum Gasteiger partial charge on any atom is 0.257 e. The quantitative estimate of drug-likeness (QED) is 0.695. The average Bonchev–Trinajstić information content (AvgIpc) is 2.65. The number of halogens is 1. The van der Waals surface area contributed by atoms with E-state index in [1.807, 2.05) is 31.2 Å². The number of nitrogens with zero attached hydrogens (tertiary/aromatic N) is 1. The maximum atomic E-state index is 12.6. The molecule has 0 aliphatic rings. The zero-order valence-electron chi connectivity index (χ0n) is 14.8. The number of aromatic nitrogens is 1. The molecular weight excluding hydrogens is 364 g/mol. The predicted octanol–water partition coefficient (Wildman–Crippen LogP) is 4.20. The van der Waals surface area contributed by atoms with Crippen molar-refractivity contribution in [3.8, 4) is 5.75 Å². The van der Waals surface area contributed by atoms with Gasteiger partial charge in [-0.25, -0.2) is 0 Å². The van der Waals surface area contributed by atoms with Crippen molar-refractivity contribution >= 4 is 23.2 Å². The lowest BCUT2D eigenvalue weighted by atomic mass is 10.2. The summed E-state index contributed by atoms with van der Waals surface area (Å²) in [6.45, 7) is 2.71. The highest BCUT2D eigenvalue weighted by molar-refractivity contribution is 6.30. The van der Waals surface area contributed by atoms with Crippen molar-refractivity contribution in [2.24, 2.45) is 0 Å². The molecule has 0 bridgehead atoms. The largest absolute Gasteiger partial charge is 0.492 e. The molecule has 0 spiro atoms. The van der Waals surface area contributed by atoms with Crippen LogP contribution in [0.2, 0.25) is 5.02 Å². The van der Waals surface area contributed by atoms with E-state index in [-0.39, 0.29) is 11.5 Å². The van der Waals surface area contributed by atoms with Crippen LogP contribution in [0.15, 0.2) is 71.7 Å². The van der Waals surface area contributed by atoms with Gasteiger partial charge in [0.25, 0.3) is 11.5 Å². The number of benzene rings is 2. The Kier molecular flexibility index (Phi) is 5.94. The topological polar surface area (TPSA) is 60.3 Å². The van der Waals surface area contributed by atoms with Gasteiger partial charge in [-0.1, -0.05) is 35.9 Å². The number of amides is 1. The molecule has 0 aliphatic carbocycles. The molecule has 0 aliphatic heterocycles. The fourth-order valence-electron chi connectivity index (χ4n) is 2.67. The van der Waals surface area contributed by atoms with Crippen LogP contribution in [0.3, 0.4) is 0 Å². The number of carbonyl (C=O) groups is 1. The molecule has 138 valence electrons. The molecule has 1 aromatic heterocycles. The maximum absolute atomic E-state index is 12.6. The second-order valence-electron chi connectivity index (χ2n) is 5.90. The summed E-state index contributed by atoms with van der Waals surface area (Å²) in [6.07, 6.45) is 1.54. The minimum Gasteiger partial charge on any atom is -0.492 e. The zero-order chi connectivity index (χ0) is 19.2. The molecule has 0 radical (unpaired) electrons. The summed E-state index contributed by atoms with van der Waals surface area (Å²) in [4.78, 5) is 24.8. The van der Waals surface area contributed by atoms with Crippen LogP contribution < -0.4 is 15.6 Å². The van der Waals surface area contributed by atoms with Gasteiger partial charge in [-0.2, -0.15) is 0 Å². The van der Waals surface area contributed by atoms with Crippen molar-refractivity contribution in [3.63, 3.8) is 0 Å². The Morgan fingerprint density at radius 3 is 2.70 bits per heavy atom. The van der Waals surface area contributed by atoms with Crippen LogP contribution in [0, 0.1) is 0 Å². The number of hydrogen-bond donors (Lipinski definition) is 1. The molecule has 27 heavy (non-hydrogen) atoms. The molecule has 0 atom stereocenters. The van der Waals surface area contributed by atoms with Crippen LogP contribution in [0.1, 0.15) is 22.8 Å². The number of anilines is 1. The van der Waals surface area contributed by atoms with Gasteiger partial charge in [0.15, 0.2) is 0 Å². The number of rotatable bonds is 6. The van der Waals surface area contributed by atoms with Crippen molar-refractivity contribution < 1.29 is 9.53 Å². The van der Waals surface area contributed by atoms with E-state index >= 15 is 0 Å². The fourth-order valence-corrected chi connectivity index (χ4v) is 2.88. The SMILES string of the molecule is CCOc1ccccc1NC(=O)c1ccc(=O)n(Cc2cccc(Cl)c2)c1. The third kappa shape index (κ3) is 4.77. The summed E-state index contributed by atoms with van der Waals surface area (Å²) in [5.74, 6) is 0.280. The average molecular weight is 383 g/mol. The van der Waals surface area contributed by atoms with E-state index < -0.39 is 0 Å². The van der Waals surface area contributed by atoms with E-state index in [0.717, 1.165) is 5.56 Å². The predicted molar refractivity (Wildman–Crippen MR) is 107 cm³/mol. The standard InChI is InChI=1S/C21H19ClN2O3/c1-2-27-19-9-4-3-8-18(19)23-21(26)16-10-11-20(25)24(14-16)13-15-6-5-7-17(22)12-15/h3-12,14H,2,13H2,1H3,(H,23,26). The molecule has 3 rings (SSSR count). The Morgan fingerprint density at radius 2 is 1.93 bits per heavy atom. The molecule has 1 amide bonds. The van der Waals surface area contributed by atoms with Crippen molar-refractivity contribution in [2.45, 2.75) is 13.5 Å². The molecule has 0 saturated heterocycles. The molecule has 1 heterocycles. The Bertz CT molecular complexity index is 1010. The van der Waals surface area contributed by atoms with Crippen molar-refractivity contribution in [1.82, 2.24) is 4.57 Å². The minimum absolute atomic E-state index is 0.193. The van der Waals surface area contributed by atoms with Crippen molar-refractivity contribution in [3.05, 3.63) is 93.4 Å². The molecule has 0 fully saturated rings. The Morgan fingerprint density at radius 1 is 1.11 bits per heavy atom. The van der Waals surface area contributed by atoms with Gasteiger partial charge in [-0.15, -0.1) is 0 Å². The first-order chi connectivity index (χ1) is 13.1. The summed E-state index contributed by atoms with van der Waals surface area (Å²) in [5, 5.41) is 3.43. The number of nitrogens with one attached hydrogen (secondary N) is 1. The van der Waals surface area contributed by atoms with Gasteiger partial charge < -0.3 is 14.6 Å². The van der Waals surface area contributed by atoms with Crippen molar-refractivity contribution in [1.29, 1.82) is 0 Å². The van der Waals surface area contributed by atoms with Crippen LogP contribution in [-0.2, 0) is 6.54 Å². The van der Waals surface area contributed by atoms with Crippen LogP contribution in [0.25, 0.3) is 0 Å². The molecular formula is C21H19ClN2O3. The number of para-hydroxylation sites is 2. The van der Waals surface area contributed by atoms with Crippen LogP contribution in [0.5, 0.6) is 5.75 Å². The molecule has 0 unspecified atom stereocenters. The second kappa shape index (κ2) is 8.56. The molecule has 1 N–H and O–H groups in total. The number of hydrogen-bond acceptors (Lipinski definition) is 3. The monoisotopic (exact) mass is 382 g/mol. The van der Waals surface area contributed by atoms with E-state index in [1.54, 1.807) is 30.5 Å². The molecule has 6 heteroatoms. The summed E-state index contributed by atoms with van der Waals surface area (Å²) in [7, 11) is 0. The zero-order valence-corrected chi connectivity index (χ0v) is 15.6. The third-order valence-corrected chi connectivity index (χ3v) is 4.16. The number of pyridine rings is 1. The molecule has 0 saturated carbocycles. The van der Waals surface area contributed by atoms with Gasteiger partial charge in [0.1, 0.15) is 5.75 Å². The molecule has 3 aromatic rings. The van der Waals surface area contributed by atoms with Gasteiger partial charge >= 0.3 is 0 Å². The lowest BCUT2D eigenvalue weighted by molar-refractivity contribution is 0.102. The molecule has 2 aromatic carbocycles. The highest BCUT2D eigenvalue weighted by atomic mass is 35.5. The Balaban J connectivity index is 1.83. The van der Waals surface area contributed by atoms with E-state index in [2.05, 4.69) is 5.32 Å². The van der Waals surface area contributed by atoms with Gasteiger partial charge in [0.2, 0.25) is 0 Å². The van der Waals surface area contributed by atoms with Crippen LogP contribution in [0.4, 0.5) is 5.69 Å². The van der Waals surface area contributed by atoms with E-state index in [1.165, 1.54) is 16.7 Å². The highest BCUT2D eigenvalue weighted by Crippen LogP contribution is 2.24. The highest BCUT2D eigenvalue weighted by Gasteiger charge is 2.11. The first kappa shape index (κ1) is 18.7. The lowest BCUT2D eigenvalue weighted by Gasteiger charge is -2.12. The third-order valence-electron chi connectivity index (χ3n) is 3.92. The Hall–Kier alpha value is -3.05. The van der Waals surface area contributed by atoms with Gasteiger partial charge in [0, 0.05) is 17.3 Å². The lowest BCUT2D eigenvalue weighted by Crippen LogP contribution is -2.22. The van der Waals surface area contributed by atoms with E-state index in [9.17, 15) is 9.59 Å². The van der Waals surface area contributed by atoms with E-state index in [4.69, 9.17) is 16.3 Å². The van der Waals surface area contributed by atoms with Crippen LogP contribution in [-0.4, -0.2) is 17.1 Å². The van der Waals surface area contributed by atoms with Crippen LogP contribution >= 0.6 is 11.6 Å². The van der Waals surface area contributed by atoms with Gasteiger partial charge in [-0.3, -0.25) is 9.59 Å². The normalized spacial score (nSPS) is 10.4. The van der Waals surface area contributed by atoms with Crippen molar-refractivity contribution in [2.75, 3.05) is 11.9 Å². The summed E-state index contributed by atoms with van der Waals surface area (Å²) in [6, 6.07) is 17.4. The number of carbonyl (C=O) groups excluding carboxylic acids is 1. The first-order valence-electron chi connectivity index (χ1n) is 8.55. The fraction of sp³-hybridized carbons (Fsp3) is 0.143. The van der Waals surface area contributed by atoms with E-state index in [0.29, 0.717) is 35.2 Å². The Labute approximate surface area is 162 Å². The molecule has 5 nitrogen and oxygen atoms in total. The summed E-state index contributed by atoms with van der Waals surface area (Å²) >= 11 is 6.00. The van der Waals surface area contributed by atoms with Gasteiger partial charge in [0.05, 0.1) is 24.4 Å². The smallest absolute Gasteiger partial charge is 0.257 e. The first-order valence-corrected chi connectivity index (χ1v) is 8.92. The number of ether oxygens (including phenoxy) is 1. The van der Waals surface area contributed by atoms with Gasteiger partial charge in [-0.05, 0) is 42.8 Å².